The van der Waals surface area contributed by atoms with Crippen molar-refractivity contribution in [1.82, 2.24) is 5.32 Å². The predicted octanol–water partition coefficient (Wildman–Crippen LogP) is 2.62. The predicted molar refractivity (Wildman–Crippen MR) is 59.2 cm³/mol. The monoisotopic (exact) mass is 231 g/mol. The van der Waals surface area contributed by atoms with E-state index in [-0.39, 0.29) is 5.91 Å². The summed E-state index contributed by atoms with van der Waals surface area (Å²) in [7, 11) is 0. The van der Waals surface area contributed by atoms with E-state index in [1.807, 2.05) is 13.0 Å². The molecule has 1 aromatic carbocycles. The van der Waals surface area contributed by atoms with Crippen LogP contribution in [0.5, 0.6) is 0 Å². The molecule has 0 fully saturated rings. The fourth-order valence-electron chi connectivity index (χ4n) is 0.997. The van der Waals surface area contributed by atoms with Gasteiger partial charge in [0.15, 0.2) is 0 Å². The first-order valence-corrected chi connectivity index (χ1v) is 5.16. The lowest BCUT2D eigenvalue weighted by Gasteiger charge is -2.04. The highest BCUT2D eigenvalue weighted by atomic mass is 35.5. The van der Waals surface area contributed by atoms with Crippen LogP contribution in [0.25, 0.3) is 0 Å². The van der Waals surface area contributed by atoms with Gasteiger partial charge in [-0.25, -0.2) is 0 Å². The Morgan fingerprint density at radius 1 is 1.50 bits per heavy atom. The summed E-state index contributed by atoms with van der Waals surface area (Å²) in [5.74, 6) is 0.262. The Bertz CT molecular complexity index is 339. The lowest BCUT2D eigenvalue weighted by atomic mass is 10.1. The SMILES string of the molecule is Cc1ccc(C(=O)NCCCl)cc1Cl. The molecule has 14 heavy (non-hydrogen) atoms. The second-order valence-corrected chi connectivity index (χ2v) is 3.69. The molecule has 0 spiro atoms. The Balaban J connectivity index is 2.76. The molecule has 0 saturated carbocycles. The van der Waals surface area contributed by atoms with E-state index in [0.29, 0.717) is 23.0 Å². The number of aryl methyl sites for hydroxylation is 1. The summed E-state index contributed by atoms with van der Waals surface area (Å²) < 4.78 is 0. The van der Waals surface area contributed by atoms with Crippen molar-refractivity contribution >= 4 is 29.1 Å². The minimum Gasteiger partial charge on any atom is -0.351 e. The average molecular weight is 232 g/mol. The molecular formula is C10H11Cl2NO. The molecule has 0 aliphatic heterocycles. The van der Waals surface area contributed by atoms with Crippen molar-refractivity contribution in [2.75, 3.05) is 12.4 Å². The van der Waals surface area contributed by atoms with Gasteiger partial charge in [-0.1, -0.05) is 17.7 Å². The first-order chi connectivity index (χ1) is 6.65. The molecule has 0 aliphatic carbocycles. The average Bonchev–Trinajstić information content (AvgIpc) is 2.18. The van der Waals surface area contributed by atoms with E-state index in [1.54, 1.807) is 12.1 Å². The summed E-state index contributed by atoms with van der Waals surface area (Å²) in [6.07, 6.45) is 0. The smallest absolute Gasteiger partial charge is 0.251 e. The molecule has 4 heteroatoms. The highest BCUT2D eigenvalue weighted by Crippen LogP contribution is 2.16. The molecule has 1 amide bonds. The first-order valence-electron chi connectivity index (χ1n) is 4.25. The number of nitrogens with one attached hydrogen (secondary N) is 1. The van der Waals surface area contributed by atoms with Gasteiger partial charge in [0.1, 0.15) is 0 Å². The van der Waals surface area contributed by atoms with Gasteiger partial charge in [-0.15, -0.1) is 11.6 Å². The summed E-state index contributed by atoms with van der Waals surface area (Å²) in [5.41, 5.74) is 1.52. The van der Waals surface area contributed by atoms with E-state index in [4.69, 9.17) is 23.2 Å². The van der Waals surface area contributed by atoms with Gasteiger partial charge < -0.3 is 5.32 Å². The third-order valence-electron chi connectivity index (χ3n) is 1.81. The summed E-state index contributed by atoms with van der Waals surface area (Å²) in [4.78, 5) is 11.4. The fourth-order valence-corrected chi connectivity index (χ4v) is 1.27. The van der Waals surface area contributed by atoms with Gasteiger partial charge in [-0.3, -0.25) is 4.79 Å². The quantitative estimate of drug-likeness (QED) is 0.797. The van der Waals surface area contributed by atoms with Gasteiger partial charge in [0.05, 0.1) is 0 Å². The zero-order valence-electron chi connectivity index (χ0n) is 7.81. The van der Waals surface area contributed by atoms with Crippen molar-refractivity contribution in [1.29, 1.82) is 0 Å². The molecule has 1 N–H and O–H groups in total. The van der Waals surface area contributed by atoms with Crippen molar-refractivity contribution in [3.05, 3.63) is 34.3 Å². The molecule has 2 nitrogen and oxygen atoms in total. The number of amides is 1. The van der Waals surface area contributed by atoms with Crippen molar-refractivity contribution in [2.24, 2.45) is 0 Å². The Labute approximate surface area is 93.2 Å². The third-order valence-corrected chi connectivity index (χ3v) is 2.41. The van der Waals surface area contributed by atoms with E-state index in [1.165, 1.54) is 0 Å². The lowest BCUT2D eigenvalue weighted by molar-refractivity contribution is 0.0956. The number of benzene rings is 1. The molecule has 1 aromatic rings. The highest BCUT2D eigenvalue weighted by molar-refractivity contribution is 6.31. The number of hydrogen-bond donors (Lipinski definition) is 1. The number of alkyl halides is 1. The molecule has 0 aliphatic rings. The standard InChI is InChI=1S/C10H11Cl2NO/c1-7-2-3-8(6-9(7)12)10(14)13-5-4-11/h2-3,6H,4-5H2,1H3,(H,13,14). The molecule has 0 radical (unpaired) electrons. The minimum absolute atomic E-state index is 0.146. The van der Waals surface area contributed by atoms with Gasteiger partial charge in [0.25, 0.3) is 5.91 Å². The normalized spacial score (nSPS) is 9.93. The van der Waals surface area contributed by atoms with E-state index >= 15 is 0 Å². The first kappa shape index (κ1) is 11.3. The maximum Gasteiger partial charge on any atom is 0.251 e. The maximum absolute atomic E-state index is 11.4. The second-order valence-electron chi connectivity index (χ2n) is 2.91. The van der Waals surface area contributed by atoms with Crippen LogP contribution < -0.4 is 5.32 Å². The van der Waals surface area contributed by atoms with E-state index in [9.17, 15) is 4.79 Å². The summed E-state index contributed by atoms with van der Waals surface area (Å²) in [6, 6.07) is 5.21. The minimum atomic E-state index is -0.146. The zero-order chi connectivity index (χ0) is 10.6. The molecule has 0 aromatic heterocycles. The highest BCUT2D eigenvalue weighted by Gasteiger charge is 2.05. The second kappa shape index (κ2) is 5.23. The molecular weight excluding hydrogens is 221 g/mol. The van der Waals surface area contributed by atoms with Crippen molar-refractivity contribution < 1.29 is 4.79 Å². The molecule has 76 valence electrons. The molecule has 1 rings (SSSR count). The van der Waals surface area contributed by atoms with E-state index in [0.717, 1.165) is 5.56 Å². The summed E-state index contributed by atoms with van der Waals surface area (Å²) in [6.45, 7) is 2.36. The van der Waals surface area contributed by atoms with Crippen LogP contribution in [0.2, 0.25) is 5.02 Å². The Morgan fingerprint density at radius 2 is 2.21 bits per heavy atom. The number of carbonyl (C=O) groups is 1. The number of halogens is 2. The van der Waals surface area contributed by atoms with Gasteiger partial charge in [0, 0.05) is 23.0 Å². The Morgan fingerprint density at radius 3 is 2.79 bits per heavy atom. The van der Waals surface area contributed by atoms with Crippen LogP contribution in [0.4, 0.5) is 0 Å². The molecule has 0 heterocycles. The largest absolute Gasteiger partial charge is 0.351 e. The van der Waals surface area contributed by atoms with Gasteiger partial charge in [-0.05, 0) is 24.6 Å². The van der Waals surface area contributed by atoms with Crippen LogP contribution in [0.3, 0.4) is 0 Å². The number of hydrogen-bond acceptors (Lipinski definition) is 1. The van der Waals surface area contributed by atoms with Gasteiger partial charge in [0.2, 0.25) is 0 Å². The molecule has 0 saturated heterocycles. The number of rotatable bonds is 3. The topological polar surface area (TPSA) is 29.1 Å². The van der Waals surface area contributed by atoms with E-state index in [2.05, 4.69) is 5.32 Å². The molecule has 0 unspecified atom stereocenters. The van der Waals surface area contributed by atoms with Crippen molar-refractivity contribution in [2.45, 2.75) is 6.92 Å². The van der Waals surface area contributed by atoms with Crippen LogP contribution >= 0.6 is 23.2 Å². The molecule has 0 bridgehead atoms. The van der Waals surface area contributed by atoms with Crippen LogP contribution in [0, 0.1) is 6.92 Å². The third kappa shape index (κ3) is 2.89. The van der Waals surface area contributed by atoms with Crippen LogP contribution in [0.15, 0.2) is 18.2 Å². The number of carbonyl (C=O) groups excluding carboxylic acids is 1. The maximum atomic E-state index is 11.4. The van der Waals surface area contributed by atoms with Crippen LogP contribution in [0.1, 0.15) is 15.9 Å². The van der Waals surface area contributed by atoms with Gasteiger partial charge in [-0.2, -0.15) is 0 Å². The Hall–Kier alpha value is -0.730. The summed E-state index contributed by atoms with van der Waals surface area (Å²) >= 11 is 11.3. The lowest BCUT2D eigenvalue weighted by Crippen LogP contribution is -2.25. The molecule has 0 atom stereocenters. The van der Waals surface area contributed by atoms with Crippen LogP contribution in [-0.2, 0) is 0 Å². The van der Waals surface area contributed by atoms with Crippen molar-refractivity contribution in [3.8, 4) is 0 Å². The van der Waals surface area contributed by atoms with Crippen LogP contribution in [-0.4, -0.2) is 18.3 Å². The summed E-state index contributed by atoms with van der Waals surface area (Å²) in [5, 5.41) is 3.27. The van der Waals surface area contributed by atoms with Gasteiger partial charge >= 0.3 is 0 Å². The fraction of sp³-hybridized carbons (Fsp3) is 0.300. The zero-order valence-corrected chi connectivity index (χ0v) is 9.32. The Kier molecular flexibility index (Phi) is 4.23. The van der Waals surface area contributed by atoms with Crippen molar-refractivity contribution in [3.63, 3.8) is 0 Å². The van der Waals surface area contributed by atoms with E-state index < -0.39 is 0 Å².